The minimum absolute atomic E-state index is 0.0677. The van der Waals surface area contributed by atoms with Crippen LogP contribution in [0.2, 0.25) is 0 Å². The maximum Gasteiger partial charge on any atom is 0.227 e. The molecule has 3 aromatic rings. The van der Waals surface area contributed by atoms with Gasteiger partial charge in [0.1, 0.15) is 11.3 Å². The number of phenols is 1. The number of rotatable bonds is 3. The summed E-state index contributed by atoms with van der Waals surface area (Å²) in [4.78, 5) is 4.27. The molecule has 0 aliphatic carbocycles. The molecule has 0 unspecified atom stereocenters. The standard InChI is InChI=1S/C16H12FNO3/c1-3-9-6-11(19)8-13-15(9)21-16(18-13)10-4-5-14(20-2)12(17)7-10/h3-8,19H,1H2,2H3. The molecule has 0 amide bonds. The Labute approximate surface area is 120 Å². The highest BCUT2D eigenvalue weighted by atomic mass is 19.1. The average Bonchev–Trinajstić information content (AvgIpc) is 2.90. The van der Waals surface area contributed by atoms with E-state index in [4.69, 9.17) is 9.15 Å². The minimum Gasteiger partial charge on any atom is -0.508 e. The largest absolute Gasteiger partial charge is 0.508 e. The smallest absolute Gasteiger partial charge is 0.227 e. The minimum atomic E-state index is -0.496. The van der Waals surface area contributed by atoms with Crippen LogP contribution in [0.5, 0.6) is 11.5 Å². The number of methoxy groups -OCH3 is 1. The van der Waals surface area contributed by atoms with Gasteiger partial charge >= 0.3 is 0 Å². The molecule has 21 heavy (non-hydrogen) atoms. The maximum atomic E-state index is 13.8. The van der Waals surface area contributed by atoms with Crippen molar-refractivity contribution in [1.29, 1.82) is 0 Å². The molecular formula is C16H12FNO3. The first kappa shape index (κ1) is 13.2. The maximum absolute atomic E-state index is 13.8. The van der Waals surface area contributed by atoms with Gasteiger partial charge in [-0.3, -0.25) is 0 Å². The summed E-state index contributed by atoms with van der Waals surface area (Å²) in [5, 5.41) is 9.63. The topological polar surface area (TPSA) is 55.5 Å². The van der Waals surface area contributed by atoms with E-state index < -0.39 is 5.82 Å². The van der Waals surface area contributed by atoms with Crippen LogP contribution in [0, 0.1) is 5.82 Å². The number of benzene rings is 2. The van der Waals surface area contributed by atoms with Gasteiger partial charge in [-0.1, -0.05) is 12.7 Å². The Morgan fingerprint density at radius 2 is 2.14 bits per heavy atom. The van der Waals surface area contributed by atoms with E-state index in [1.54, 1.807) is 12.1 Å². The number of phenolic OH excluding ortho intramolecular Hbond substituents is 1. The zero-order valence-corrected chi connectivity index (χ0v) is 11.3. The highest BCUT2D eigenvalue weighted by molar-refractivity contribution is 5.86. The first-order chi connectivity index (χ1) is 10.1. The van der Waals surface area contributed by atoms with Gasteiger partial charge in [-0.05, 0) is 24.3 Å². The Morgan fingerprint density at radius 1 is 1.33 bits per heavy atom. The van der Waals surface area contributed by atoms with Gasteiger partial charge in [0.15, 0.2) is 17.1 Å². The van der Waals surface area contributed by atoms with Crippen LogP contribution in [-0.2, 0) is 0 Å². The lowest BCUT2D eigenvalue weighted by Gasteiger charge is -2.02. The van der Waals surface area contributed by atoms with Gasteiger partial charge in [-0.2, -0.15) is 0 Å². The van der Waals surface area contributed by atoms with Crippen LogP contribution in [-0.4, -0.2) is 17.2 Å². The second-order valence-corrected chi connectivity index (χ2v) is 4.46. The third-order valence-corrected chi connectivity index (χ3v) is 3.12. The van der Waals surface area contributed by atoms with Crippen LogP contribution in [0.1, 0.15) is 5.56 Å². The van der Waals surface area contributed by atoms with Crippen molar-refractivity contribution < 1.29 is 18.7 Å². The van der Waals surface area contributed by atoms with Gasteiger partial charge in [-0.25, -0.2) is 9.37 Å². The molecule has 0 radical (unpaired) electrons. The van der Waals surface area contributed by atoms with Gasteiger partial charge in [0, 0.05) is 17.2 Å². The van der Waals surface area contributed by atoms with Crippen LogP contribution < -0.4 is 4.74 Å². The Morgan fingerprint density at radius 3 is 2.81 bits per heavy atom. The average molecular weight is 285 g/mol. The number of nitrogens with zero attached hydrogens (tertiary/aromatic N) is 1. The number of ether oxygens (including phenoxy) is 1. The zero-order chi connectivity index (χ0) is 15.0. The second kappa shape index (κ2) is 4.94. The monoisotopic (exact) mass is 285 g/mol. The van der Waals surface area contributed by atoms with Gasteiger partial charge in [-0.15, -0.1) is 0 Å². The van der Waals surface area contributed by atoms with E-state index in [9.17, 15) is 9.50 Å². The number of oxazole rings is 1. The van der Waals surface area contributed by atoms with Gasteiger partial charge in [0.05, 0.1) is 7.11 Å². The molecule has 106 valence electrons. The summed E-state index contributed by atoms with van der Waals surface area (Å²) in [5.41, 5.74) is 2.09. The Bertz CT molecular complexity index is 839. The van der Waals surface area contributed by atoms with E-state index in [0.29, 0.717) is 22.2 Å². The van der Waals surface area contributed by atoms with Crippen molar-refractivity contribution in [3.05, 3.63) is 48.3 Å². The fraction of sp³-hybridized carbons (Fsp3) is 0.0625. The van der Waals surface area contributed by atoms with Crippen molar-refractivity contribution in [2.24, 2.45) is 0 Å². The molecule has 0 saturated heterocycles. The highest BCUT2D eigenvalue weighted by Gasteiger charge is 2.14. The lowest BCUT2D eigenvalue weighted by atomic mass is 10.2. The molecule has 4 nitrogen and oxygen atoms in total. The molecule has 5 heteroatoms. The molecule has 0 atom stereocenters. The number of aromatic hydroxyl groups is 1. The lowest BCUT2D eigenvalue weighted by Crippen LogP contribution is -1.88. The molecule has 0 bridgehead atoms. The van der Waals surface area contributed by atoms with Crippen molar-refractivity contribution >= 4 is 17.2 Å². The summed E-state index contributed by atoms with van der Waals surface area (Å²) in [7, 11) is 1.40. The van der Waals surface area contributed by atoms with Crippen LogP contribution in [0.4, 0.5) is 4.39 Å². The van der Waals surface area contributed by atoms with Gasteiger partial charge in [0.2, 0.25) is 5.89 Å². The number of hydrogen-bond donors (Lipinski definition) is 1. The van der Waals surface area contributed by atoms with Crippen molar-refractivity contribution in [3.63, 3.8) is 0 Å². The van der Waals surface area contributed by atoms with Gasteiger partial charge in [0.25, 0.3) is 0 Å². The molecule has 2 aromatic carbocycles. The van der Waals surface area contributed by atoms with E-state index in [2.05, 4.69) is 11.6 Å². The van der Waals surface area contributed by atoms with E-state index in [1.807, 2.05) is 0 Å². The third-order valence-electron chi connectivity index (χ3n) is 3.12. The Kier molecular flexibility index (Phi) is 3.10. The van der Waals surface area contributed by atoms with Crippen molar-refractivity contribution in [2.45, 2.75) is 0 Å². The molecule has 3 rings (SSSR count). The first-order valence-corrected chi connectivity index (χ1v) is 6.22. The van der Waals surface area contributed by atoms with Crippen LogP contribution in [0.25, 0.3) is 28.6 Å². The summed E-state index contributed by atoms with van der Waals surface area (Å²) in [5.74, 6) is -0.0123. The number of halogens is 1. The fourth-order valence-electron chi connectivity index (χ4n) is 2.12. The Balaban J connectivity index is 2.17. The second-order valence-electron chi connectivity index (χ2n) is 4.46. The van der Waals surface area contributed by atoms with E-state index in [0.717, 1.165) is 0 Å². The van der Waals surface area contributed by atoms with Crippen LogP contribution in [0.15, 0.2) is 41.3 Å². The van der Waals surface area contributed by atoms with E-state index >= 15 is 0 Å². The fourth-order valence-corrected chi connectivity index (χ4v) is 2.12. The molecule has 1 heterocycles. The normalized spacial score (nSPS) is 10.8. The molecule has 0 aliphatic rings. The van der Waals surface area contributed by atoms with Crippen LogP contribution >= 0.6 is 0 Å². The van der Waals surface area contributed by atoms with E-state index in [1.165, 1.54) is 31.4 Å². The van der Waals surface area contributed by atoms with Crippen LogP contribution in [0.3, 0.4) is 0 Å². The molecule has 1 N–H and O–H groups in total. The molecule has 1 aromatic heterocycles. The number of hydrogen-bond acceptors (Lipinski definition) is 4. The van der Waals surface area contributed by atoms with Crippen molar-refractivity contribution in [3.8, 4) is 23.0 Å². The zero-order valence-electron chi connectivity index (χ0n) is 11.3. The molecular weight excluding hydrogens is 273 g/mol. The lowest BCUT2D eigenvalue weighted by molar-refractivity contribution is 0.386. The molecule has 0 aliphatic heterocycles. The first-order valence-electron chi connectivity index (χ1n) is 6.22. The quantitative estimate of drug-likeness (QED) is 0.790. The molecule has 0 spiro atoms. The predicted octanol–water partition coefficient (Wildman–Crippen LogP) is 3.99. The summed E-state index contributed by atoms with van der Waals surface area (Å²) in [6.45, 7) is 3.67. The van der Waals surface area contributed by atoms with Gasteiger partial charge < -0.3 is 14.3 Å². The Hall–Kier alpha value is -2.82. The highest BCUT2D eigenvalue weighted by Crippen LogP contribution is 2.31. The predicted molar refractivity (Wildman–Crippen MR) is 77.7 cm³/mol. The van der Waals surface area contributed by atoms with Crippen molar-refractivity contribution in [2.75, 3.05) is 7.11 Å². The van der Waals surface area contributed by atoms with Crippen molar-refractivity contribution in [1.82, 2.24) is 4.98 Å². The molecule has 0 fully saturated rings. The summed E-state index contributed by atoms with van der Waals surface area (Å²) < 4.78 is 24.3. The number of fused-ring (bicyclic) bond motifs is 1. The SMILES string of the molecule is C=Cc1cc(O)cc2nc(-c3ccc(OC)c(F)c3)oc12. The van der Waals surface area contributed by atoms with E-state index in [-0.39, 0.29) is 17.4 Å². The number of aromatic nitrogens is 1. The summed E-state index contributed by atoms with van der Waals surface area (Å²) in [6, 6.07) is 7.45. The summed E-state index contributed by atoms with van der Waals surface area (Å²) in [6.07, 6.45) is 1.56. The molecule has 0 saturated carbocycles. The third kappa shape index (κ3) is 2.23. The summed E-state index contributed by atoms with van der Waals surface area (Å²) >= 11 is 0.